The van der Waals surface area contributed by atoms with E-state index in [1.54, 1.807) is 0 Å². The maximum absolute atomic E-state index is 11.6. The molecule has 1 atom stereocenters. The highest BCUT2D eigenvalue weighted by molar-refractivity contribution is 5.82. The number of urea groups is 1. The largest absolute Gasteiger partial charge is 0.480 e. The molecule has 2 aromatic heterocycles. The highest BCUT2D eigenvalue weighted by atomic mass is 16.5. The summed E-state index contributed by atoms with van der Waals surface area (Å²) in [6.07, 6.45) is 4.70. The van der Waals surface area contributed by atoms with Gasteiger partial charge in [0.05, 0.1) is 6.33 Å². The Balaban J connectivity index is 1.76. The fourth-order valence-electron chi connectivity index (χ4n) is 1.61. The number of aliphatic carboxylic acids is 1. The maximum atomic E-state index is 11.6. The number of aromatic nitrogens is 4. The van der Waals surface area contributed by atoms with E-state index in [0.29, 0.717) is 18.0 Å². The van der Waals surface area contributed by atoms with E-state index >= 15 is 0 Å². The molecule has 112 valence electrons. The van der Waals surface area contributed by atoms with E-state index in [0.717, 1.165) is 0 Å². The highest BCUT2D eigenvalue weighted by Crippen LogP contribution is 1.99. The zero-order valence-electron chi connectivity index (χ0n) is 10.9. The Kier molecular flexibility index (Phi) is 4.85. The molecule has 2 heterocycles. The number of imidazole rings is 1. The van der Waals surface area contributed by atoms with Crippen molar-refractivity contribution in [1.82, 2.24) is 30.7 Å². The summed E-state index contributed by atoms with van der Waals surface area (Å²) >= 11 is 0. The maximum Gasteiger partial charge on any atom is 0.326 e. The molecule has 4 N–H and O–H groups in total. The molecule has 2 amide bonds. The number of aromatic amines is 1. The van der Waals surface area contributed by atoms with Crippen LogP contribution in [0.3, 0.4) is 0 Å². The van der Waals surface area contributed by atoms with E-state index in [4.69, 9.17) is 9.63 Å². The minimum absolute atomic E-state index is 0.117. The minimum Gasteiger partial charge on any atom is -0.480 e. The van der Waals surface area contributed by atoms with Crippen molar-refractivity contribution in [3.05, 3.63) is 30.4 Å². The first-order valence-corrected chi connectivity index (χ1v) is 6.15. The van der Waals surface area contributed by atoms with Crippen molar-refractivity contribution < 1.29 is 19.2 Å². The minimum atomic E-state index is -1.13. The predicted octanol–water partition coefficient (Wildman–Crippen LogP) is -0.670. The van der Waals surface area contributed by atoms with Crippen molar-refractivity contribution in [3.63, 3.8) is 0 Å². The molecule has 0 bridgehead atoms. The third-order valence-electron chi connectivity index (χ3n) is 2.61. The van der Waals surface area contributed by atoms with Crippen LogP contribution in [0.1, 0.15) is 11.6 Å². The first-order chi connectivity index (χ1) is 10.1. The van der Waals surface area contributed by atoms with Gasteiger partial charge >= 0.3 is 12.0 Å². The van der Waals surface area contributed by atoms with Crippen LogP contribution in [0.25, 0.3) is 0 Å². The summed E-state index contributed by atoms with van der Waals surface area (Å²) in [6, 6.07) is -1.63. The van der Waals surface area contributed by atoms with Gasteiger partial charge in [-0.3, -0.25) is 0 Å². The van der Waals surface area contributed by atoms with Gasteiger partial charge in [-0.15, -0.1) is 0 Å². The second kappa shape index (κ2) is 7.03. The van der Waals surface area contributed by atoms with E-state index < -0.39 is 18.0 Å². The van der Waals surface area contributed by atoms with E-state index in [1.807, 2.05) is 0 Å². The molecule has 0 aliphatic rings. The second-order valence-corrected chi connectivity index (χ2v) is 4.16. The lowest BCUT2D eigenvalue weighted by Crippen LogP contribution is -2.47. The molecule has 1 unspecified atom stereocenters. The molecule has 0 aliphatic carbocycles. The van der Waals surface area contributed by atoms with Gasteiger partial charge in [0.2, 0.25) is 5.89 Å². The molecule has 0 fully saturated rings. The summed E-state index contributed by atoms with van der Waals surface area (Å²) in [6.45, 7) is 0.254. The zero-order valence-corrected chi connectivity index (χ0v) is 10.9. The van der Waals surface area contributed by atoms with Gasteiger partial charge in [0.1, 0.15) is 6.04 Å². The van der Waals surface area contributed by atoms with Crippen molar-refractivity contribution >= 4 is 12.0 Å². The van der Waals surface area contributed by atoms with Crippen LogP contribution in [-0.4, -0.2) is 49.8 Å². The smallest absolute Gasteiger partial charge is 0.326 e. The number of carboxylic acids is 1. The summed E-state index contributed by atoms with van der Waals surface area (Å²) in [5.74, 6) is -0.737. The van der Waals surface area contributed by atoms with Crippen molar-refractivity contribution in [3.8, 4) is 0 Å². The van der Waals surface area contributed by atoms with Gasteiger partial charge in [-0.25, -0.2) is 14.6 Å². The van der Waals surface area contributed by atoms with Crippen molar-refractivity contribution in [2.75, 3.05) is 6.54 Å². The third kappa shape index (κ3) is 4.60. The molecule has 0 aromatic carbocycles. The Hall–Kier alpha value is -2.91. The van der Waals surface area contributed by atoms with Crippen LogP contribution in [0.4, 0.5) is 4.79 Å². The molecule has 0 spiro atoms. The average Bonchev–Trinajstić information content (AvgIpc) is 3.10. The number of hydrogen-bond acceptors (Lipinski definition) is 6. The first kappa shape index (κ1) is 14.5. The number of nitrogens with one attached hydrogen (secondary N) is 3. The van der Waals surface area contributed by atoms with E-state index in [9.17, 15) is 9.59 Å². The lowest BCUT2D eigenvalue weighted by Gasteiger charge is -2.14. The summed E-state index contributed by atoms with van der Waals surface area (Å²) in [4.78, 5) is 33.1. The molecular weight excluding hydrogens is 280 g/mol. The number of nitrogens with zero attached hydrogens (tertiary/aromatic N) is 3. The number of hydrogen-bond donors (Lipinski definition) is 4. The van der Waals surface area contributed by atoms with Gasteiger partial charge < -0.3 is 25.2 Å². The van der Waals surface area contributed by atoms with Crippen LogP contribution in [0.15, 0.2) is 23.4 Å². The van der Waals surface area contributed by atoms with Gasteiger partial charge in [0, 0.05) is 31.3 Å². The Bertz CT molecular complexity index is 568. The Labute approximate surface area is 119 Å². The van der Waals surface area contributed by atoms with Crippen LogP contribution in [0.2, 0.25) is 0 Å². The summed E-state index contributed by atoms with van der Waals surface area (Å²) in [5.41, 5.74) is 0.619. The average molecular weight is 294 g/mol. The summed E-state index contributed by atoms with van der Waals surface area (Å²) in [7, 11) is 0. The van der Waals surface area contributed by atoms with Crippen LogP contribution < -0.4 is 10.6 Å². The lowest BCUT2D eigenvalue weighted by molar-refractivity contribution is -0.139. The monoisotopic (exact) mass is 294 g/mol. The second-order valence-electron chi connectivity index (χ2n) is 4.16. The molecule has 2 aromatic rings. The van der Waals surface area contributed by atoms with E-state index in [1.165, 1.54) is 18.9 Å². The van der Waals surface area contributed by atoms with Crippen LogP contribution in [0.5, 0.6) is 0 Å². The third-order valence-corrected chi connectivity index (χ3v) is 2.61. The molecule has 0 saturated carbocycles. The molecule has 0 saturated heterocycles. The zero-order chi connectivity index (χ0) is 15.1. The van der Waals surface area contributed by atoms with E-state index in [2.05, 4.69) is 30.7 Å². The quantitative estimate of drug-likeness (QED) is 0.529. The number of carbonyl (C=O) groups is 2. The number of rotatable bonds is 7. The van der Waals surface area contributed by atoms with Crippen LogP contribution in [-0.2, 0) is 17.6 Å². The molecule has 21 heavy (non-hydrogen) atoms. The van der Waals surface area contributed by atoms with Crippen molar-refractivity contribution in [2.45, 2.75) is 18.9 Å². The number of carboxylic acid groups (broad SMARTS) is 1. The number of amides is 2. The first-order valence-electron chi connectivity index (χ1n) is 6.15. The summed E-state index contributed by atoms with van der Waals surface area (Å²) in [5, 5.41) is 17.4. The Morgan fingerprint density at radius 3 is 2.95 bits per heavy atom. The number of carbonyl (C=O) groups excluding carboxylic acids is 1. The van der Waals surface area contributed by atoms with Gasteiger partial charge in [0.15, 0.2) is 6.33 Å². The fraction of sp³-hybridized carbons (Fsp3) is 0.364. The SMILES string of the molecule is O=C(NCCc1ncno1)NC(Cc1cnc[nH]1)C(=O)O. The predicted molar refractivity (Wildman–Crippen MR) is 68.3 cm³/mol. The molecular formula is C11H14N6O4. The molecule has 2 rings (SSSR count). The molecule has 10 heteroatoms. The Morgan fingerprint density at radius 1 is 1.48 bits per heavy atom. The van der Waals surface area contributed by atoms with E-state index in [-0.39, 0.29) is 13.0 Å². The summed E-state index contributed by atoms with van der Waals surface area (Å²) < 4.78 is 4.77. The molecule has 10 nitrogen and oxygen atoms in total. The Morgan fingerprint density at radius 2 is 2.33 bits per heavy atom. The number of H-pyrrole nitrogens is 1. The van der Waals surface area contributed by atoms with Gasteiger partial charge in [0.25, 0.3) is 0 Å². The van der Waals surface area contributed by atoms with Gasteiger partial charge in [-0.1, -0.05) is 5.16 Å². The normalized spacial score (nSPS) is 11.8. The van der Waals surface area contributed by atoms with Crippen LogP contribution in [0, 0.1) is 0 Å². The lowest BCUT2D eigenvalue weighted by atomic mass is 10.2. The molecule has 0 aliphatic heterocycles. The van der Waals surface area contributed by atoms with Crippen molar-refractivity contribution in [2.24, 2.45) is 0 Å². The van der Waals surface area contributed by atoms with Crippen molar-refractivity contribution in [1.29, 1.82) is 0 Å². The van der Waals surface area contributed by atoms with Gasteiger partial charge in [-0.05, 0) is 0 Å². The fourth-order valence-corrected chi connectivity index (χ4v) is 1.61. The van der Waals surface area contributed by atoms with Crippen LogP contribution >= 0.6 is 0 Å². The highest BCUT2D eigenvalue weighted by Gasteiger charge is 2.20. The molecule has 0 radical (unpaired) electrons. The topological polar surface area (TPSA) is 146 Å². The van der Waals surface area contributed by atoms with Gasteiger partial charge in [-0.2, -0.15) is 4.98 Å². The standard InChI is InChI=1S/C11H14N6O4/c18-10(19)8(3-7-4-12-5-14-7)17-11(20)13-2-1-9-15-6-16-21-9/h4-6,8H,1-3H2,(H,12,14)(H,18,19)(H2,13,17,20).